The van der Waals surface area contributed by atoms with Gasteiger partial charge in [-0.1, -0.05) is 12.8 Å². The molecule has 1 heterocycles. The Morgan fingerprint density at radius 2 is 1.55 bits per heavy atom. The van der Waals surface area contributed by atoms with E-state index in [9.17, 15) is 23.1 Å². The number of likely N-dealkylation sites (tertiary alicyclic amines) is 1. The van der Waals surface area contributed by atoms with Crippen LogP contribution in [0.25, 0.3) is 0 Å². The van der Waals surface area contributed by atoms with E-state index < -0.39 is 29.5 Å². The number of halogens is 3. The van der Waals surface area contributed by atoms with Gasteiger partial charge in [-0.2, -0.15) is 0 Å². The molecule has 1 aliphatic heterocycles. The van der Waals surface area contributed by atoms with Crippen molar-refractivity contribution in [2.75, 3.05) is 13.1 Å². The number of hydrogen-bond donors (Lipinski definition) is 1. The van der Waals surface area contributed by atoms with E-state index in [4.69, 9.17) is 0 Å². The standard InChI is InChI=1S/C14H16F3NO2/c15-10-7-9(8-11(16)12(10)17)13(14(19)20)18-5-3-1-2-4-6-18/h7-8,13H,1-6H2,(H,19,20). The minimum absolute atomic E-state index is 0.0594. The molecule has 1 N–H and O–H groups in total. The fourth-order valence-electron chi connectivity index (χ4n) is 2.60. The molecule has 0 aromatic heterocycles. The fraction of sp³-hybridized carbons (Fsp3) is 0.500. The summed E-state index contributed by atoms with van der Waals surface area (Å²) in [7, 11) is 0. The number of benzene rings is 1. The van der Waals surface area contributed by atoms with Crippen molar-refractivity contribution < 1.29 is 23.1 Å². The topological polar surface area (TPSA) is 40.5 Å². The van der Waals surface area contributed by atoms with Gasteiger partial charge in [0.1, 0.15) is 6.04 Å². The highest BCUT2D eigenvalue weighted by atomic mass is 19.2. The molecule has 1 aromatic rings. The van der Waals surface area contributed by atoms with Crippen LogP contribution in [0.3, 0.4) is 0 Å². The molecule has 2 rings (SSSR count). The van der Waals surface area contributed by atoms with Gasteiger partial charge >= 0.3 is 5.97 Å². The summed E-state index contributed by atoms with van der Waals surface area (Å²) in [5.74, 6) is -5.48. The first kappa shape index (κ1) is 14.8. The molecule has 0 radical (unpaired) electrons. The zero-order valence-electron chi connectivity index (χ0n) is 10.9. The van der Waals surface area contributed by atoms with Gasteiger partial charge in [0.2, 0.25) is 0 Å². The third kappa shape index (κ3) is 3.12. The quantitative estimate of drug-likeness (QED) is 0.868. The van der Waals surface area contributed by atoms with Crippen LogP contribution < -0.4 is 0 Å². The van der Waals surface area contributed by atoms with Crippen LogP contribution >= 0.6 is 0 Å². The molecule has 110 valence electrons. The number of carbonyl (C=O) groups is 1. The fourth-order valence-corrected chi connectivity index (χ4v) is 2.60. The zero-order valence-corrected chi connectivity index (χ0v) is 10.9. The van der Waals surface area contributed by atoms with Gasteiger partial charge in [0.05, 0.1) is 0 Å². The molecule has 0 aliphatic carbocycles. The van der Waals surface area contributed by atoms with Gasteiger partial charge in [-0.15, -0.1) is 0 Å². The Bertz CT molecular complexity index is 476. The lowest BCUT2D eigenvalue weighted by atomic mass is 10.0. The van der Waals surface area contributed by atoms with Gasteiger partial charge in [0.25, 0.3) is 0 Å². The van der Waals surface area contributed by atoms with E-state index in [1.807, 2.05) is 0 Å². The number of nitrogens with zero attached hydrogens (tertiary/aromatic N) is 1. The maximum atomic E-state index is 13.3. The first-order valence-corrected chi connectivity index (χ1v) is 6.62. The molecule has 0 spiro atoms. The zero-order chi connectivity index (χ0) is 14.7. The molecule has 6 heteroatoms. The van der Waals surface area contributed by atoms with Gasteiger partial charge in [-0.25, -0.2) is 13.2 Å². The predicted molar refractivity (Wildman–Crippen MR) is 66.7 cm³/mol. The number of hydrogen-bond acceptors (Lipinski definition) is 2. The molecule has 1 aromatic carbocycles. The predicted octanol–water partition coefficient (Wildman–Crippen LogP) is 3.11. The lowest BCUT2D eigenvalue weighted by Gasteiger charge is -2.27. The van der Waals surface area contributed by atoms with Crippen LogP contribution in [0.2, 0.25) is 0 Å². The SMILES string of the molecule is O=C(O)C(c1cc(F)c(F)c(F)c1)N1CCCCCC1. The van der Waals surface area contributed by atoms with Gasteiger partial charge in [-0.3, -0.25) is 9.69 Å². The maximum Gasteiger partial charge on any atom is 0.325 e. The van der Waals surface area contributed by atoms with Crippen LogP contribution in [0.4, 0.5) is 13.2 Å². The van der Waals surface area contributed by atoms with Crippen LogP contribution in [0.1, 0.15) is 37.3 Å². The molecule has 0 saturated carbocycles. The minimum Gasteiger partial charge on any atom is -0.480 e. The van der Waals surface area contributed by atoms with Crippen molar-refractivity contribution in [1.82, 2.24) is 4.90 Å². The summed E-state index contributed by atoms with van der Waals surface area (Å²) in [6.45, 7) is 1.11. The maximum absolute atomic E-state index is 13.3. The molecule has 20 heavy (non-hydrogen) atoms. The van der Waals surface area contributed by atoms with Crippen molar-refractivity contribution in [3.8, 4) is 0 Å². The van der Waals surface area contributed by atoms with E-state index in [0.717, 1.165) is 37.8 Å². The lowest BCUT2D eigenvalue weighted by molar-refractivity contribution is -0.143. The molecule has 0 bridgehead atoms. The van der Waals surface area contributed by atoms with E-state index in [1.54, 1.807) is 4.90 Å². The highest BCUT2D eigenvalue weighted by Gasteiger charge is 2.29. The van der Waals surface area contributed by atoms with E-state index in [2.05, 4.69) is 0 Å². The largest absolute Gasteiger partial charge is 0.480 e. The number of aliphatic carboxylic acids is 1. The summed E-state index contributed by atoms with van der Waals surface area (Å²) >= 11 is 0. The van der Waals surface area contributed by atoms with E-state index in [-0.39, 0.29) is 5.56 Å². The second-order valence-electron chi connectivity index (χ2n) is 4.99. The molecule has 0 amide bonds. The Morgan fingerprint density at radius 1 is 1.05 bits per heavy atom. The van der Waals surface area contributed by atoms with Crippen molar-refractivity contribution in [1.29, 1.82) is 0 Å². The summed E-state index contributed by atoms with van der Waals surface area (Å²) in [6, 6.07) is 0.391. The molecule has 1 atom stereocenters. The molecular formula is C14H16F3NO2. The second-order valence-corrected chi connectivity index (χ2v) is 4.99. The van der Waals surface area contributed by atoms with Crippen molar-refractivity contribution in [2.24, 2.45) is 0 Å². The van der Waals surface area contributed by atoms with Crippen LogP contribution in [0.15, 0.2) is 12.1 Å². The summed E-state index contributed by atoms with van der Waals surface area (Å²) in [6.07, 6.45) is 3.70. The van der Waals surface area contributed by atoms with Crippen LogP contribution in [-0.4, -0.2) is 29.1 Å². The van der Waals surface area contributed by atoms with Crippen LogP contribution in [-0.2, 0) is 4.79 Å². The average Bonchev–Trinajstić information content (AvgIpc) is 2.64. The normalized spacial score (nSPS) is 18.6. The lowest BCUT2D eigenvalue weighted by Crippen LogP contribution is -2.35. The summed E-state index contributed by atoms with van der Waals surface area (Å²) in [5.41, 5.74) is -0.0594. The molecule has 1 unspecified atom stereocenters. The first-order chi connectivity index (χ1) is 9.50. The number of rotatable bonds is 3. The second kappa shape index (κ2) is 6.26. The summed E-state index contributed by atoms with van der Waals surface area (Å²) < 4.78 is 39.5. The summed E-state index contributed by atoms with van der Waals surface area (Å²) in [4.78, 5) is 13.1. The third-order valence-corrected chi connectivity index (χ3v) is 3.56. The Hall–Kier alpha value is -1.56. The molecule has 3 nitrogen and oxygen atoms in total. The van der Waals surface area contributed by atoms with Gasteiger partial charge < -0.3 is 5.11 Å². The van der Waals surface area contributed by atoms with Gasteiger partial charge in [-0.05, 0) is 43.6 Å². The van der Waals surface area contributed by atoms with E-state index in [1.165, 1.54) is 0 Å². The monoisotopic (exact) mass is 287 g/mol. The molecule has 1 aliphatic rings. The third-order valence-electron chi connectivity index (χ3n) is 3.56. The van der Waals surface area contributed by atoms with Gasteiger partial charge in [0, 0.05) is 0 Å². The first-order valence-electron chi connectivity index (χ1n) is 6.62. The Morgan fingerprint density at radius 3 is 2.00 bits per heavy atom. The Labute approximate surface area is 115 Å². The van der Waals surface area contributed by atoms with Crippen molar-refractivity contribution in [2.45, 2.75) is 31.7 Å². The van der Waals surface area contributed by atoms with Crippen LogP contribution in [0.5, 0.6) is 0 Å². The van der Waals surface area contributed by atoms with E-state index >= 15 is 0 Å². The van der Waals surface area contributed by atoms with Gasteiger partial charge in [0.15, 0.2) is 17.5 Å². The summed E-state index contributed by atoms with van der Waals surface area (Å²) in [5, 5.41) is 9.34. The van der Waals surface area contributed by atoms with E-state index in [0.29, 0.717) is 13.1 Å². The highest BCUT2D eigenvalue weighted by Crippen LogP contribution is 2.27. The Balaban J connectivity index is 2.35. The van der Waals surface area contributed by atoms with Crippen molar-refractivity contribution in [3.05, 3.63) is 35.1 Å². The number of carboxylic acid groups (broad SMARTS) is 1. The smallest absolute Gasteiger partial charge is 0.325 e. The molecular weight excluding hydrogens is 271 g/mol. The van der Waals surface area contributed by atoms with Crippen LogP contribution in [0, 0.1) is 17.5 Å². The molecule has 1 fully saturated rings. The van der Waals surface area contributed by atoms with Crippen molar-refractivity contribution in [3.63, 3.8) is 0 Å². The number of carboxylic acids is 1. The Kier molecular flexibility index (Phi) is 4.65. The van der Waals surface area contributed by atoms with Crippen molar-refractivity contribution >= 4 is 5.97 Å². The minimum atomic E-state index is -1.58. The average molecular weight is 287 g/mol. The highest BCUT2D eigenvalue weighted by molar-refractivity contribution is 5.75. The molecule has 1 saturated heterocycles.